The molecule has 1 saturated carbocycles. The van der Waals surface area contributed by atoms with Gasteiger partial charge in [0.1, 0.15) is 5.75 Å². The van der Waals surface area contributed by atoms with Gasteiger partial charge in [0, 0.05) is 0 Å². The summed E-state index contributed by atoms with van der Waals surface area (Å²) in [5, 5.41) is 12.0. The molecule has 1 aromatic rings. The molecule has 1 aromatic carbocycles. The fraction of sp³-hybridized carbons (Fsp3) is 0.467. The summed E-state index contributed by atoms with van der Waals surface area (Å²) in [7, 11) is 1.53. The van der Waals surface area contributed by atoms with Gasteiger partial charge in [-0.25, -0.2) is 0 Å². The lowest BCUT2D eigenvalue weighted by Gasteiger charge is -2.27. The van der Waals surface area contributed by atoms with Crippen LogP contribution in [0.3, 0.4) is 0 Å². The number of anilines is 1. The Bertz CT molecular complexity index is 500. The van der Waals surface area contributed by atoms with Crippen LogP contribution in [0.15, 0.2) is 24.3 Å². The van der Waals surface area contributed by atoms with Crippen molar-refractivity contribution in [2.24, 2.45) is 11.8 Å². The third-order valence-electron chi connectivity index (χ3n) is 3.78. The fourth-order valence-corrected chi connectivity index (χ4v) is 2.71. The van der Waals surface area contributed by atoms with Crippen molar-refractivity contribution in [1.29, 1.82) is 0 Å². The van der Waals surface area contributed by atoms with Gasteiger partial charge in [0.05, 0.1) is 24.6 Å². The number of rotatable bonds is 4. The first-order valence-electron chi connectivity index (χ1n) is 6.80. The molecule has 0 spiro atoms. The quantitative estimate of drug-likeness (QED) is 0.886. The van der Waals surface area contributed by atoms with E-state index in [0.717, 1.165) is 12.8 Å². The van der Waals surface area contributed by atoms with Crippen LogP contribution in [0.25, 0.3) is 0 Å². The lowest BCUT2D eigenvalue weighted by Crippen LogP contribution is -2.36. The topological polar surface area (TPSA) is 75.6 Å². The van der Waals surface area contributed by atoms with Crippen molar-refractivity contribution in [2.75, 3.05) is 12.4 Å². The molecule has 2 N–H and O–H groups in total. The van der Waals surface area contributed by atoms with E-state index in [1.54, 1.807) is 18.2 Å². The minimum absolute atomic E-state index is 0.235. The van der Waals surface area contributed by atoms with Gasteiger partial charge in [0.2, 0.25) is 5.91 Å². The first-order chi connectivity index (χ1) is 9.63. The van der Waals surface area contributed by atoms with Gasteiger partial charge in [-0.15, -0.1) is 0 Å². The van der Waals surface area contributed by atoms with Crippen LogP contribution in [0.5, 0.6) is 5.75 Å². The zero-order chi connectivity index (χ0) is 14.5. The zero-order valence-electron chi connectivity index (χ0n) is 11.5. The van der Waals surface area contributed by atoms with Crippen LogP contribution in [0.4, 0.5) is 5.69 Å². The van der Waals surface area contributed by atoms with Crippen molar-refractivity contribution >= 4 is 17.6 Å². The van der Waals surface area contributed by atoms with Crippen LogP contribution in [0, 0.1) is 11.8 Å². The summed E-state index contributed by atoms with van der Waals surface area (Å²) in [4.78, 5) is 23.6. The average Bonchev–Trinajstić information content (AvgIpc) is 2.47. The number of carboxylic acid groups (broad SMARTS) is 1. The van der Waals surface area contributed by atoms with Gasteiger partial charge in [-0.2, -0.15) is 0 Å². The predicted octanol–water partition coefficient (Wildman–Crippen LogP) is 2.52. The lowest BCUT2D eigenvalue weighted by atomic mass is 9.78. The van der Waals surface area contributed by atoms with Crippen molar-refractivity contribution in [2.45, 2.75) is 25.7 Å². The third-order valence-corrected chi connectivity index (χ3v) is 3.78. The summed E-state index contributed by atoms with van der Waals surface area (Å²) in [6.07, 6.45) is 2.96. The molecule has 2 atom stereocenters. The van der Waals surface area contributed by atoms with Gasteiger partial charge >= 0.3 is 5.97 Å². The largest absolute Gasteiger partial charge is 0.495 e. The summed E-state index contributed by atoms with van der Waals surface area (Å²) in [5.74, 6) is -1.60. The van der Waals surface area contributed by atoms with Crippen molar-refractivity contribution in [3.05, 3.63) is 24.3 Å². The first kappa shape index (κ1) is 14.4. The number of carbonyl (C=O) groups is 2. The van der Waals surface area contributed by atoms with E-state index < -0.39 is 17.8 Å². The van der Waals surface area contributed by atoms with E-state index in [9.17, 15) is 14.7 Å². The lowest BCUT2D eigenvalue weighted by molar-refractivity contribution is -0.147. The minimum atomic E-state index is -0.884. The molecular weight excluding hydrogens is 258 g/mol. The second kappa shape index (κ2) is 6.41. The molecule has 5 nitrogen and oxygen atoms in total. The predicted molar refractivity (Wildman–Crippen MR) is 74.7 cm³/mol. The average molecular weight is 277 g/mol. The number of aliphatic carboxylic acids is 1. The molecule has 108 valence electrons. The highest BCUT2D eigenvalue weighted by Crippen LogP contribution is 2.32. The Labute approximate surface area is 117 Å². The fourth-order valence-electron chi connectivity index (χ4n) is 2.71. The van der Waals surface area contributed by atoms with Crippen LogP contribution in [-0.2, 0) is 9.59 Å². The Hall–Kier alpha value is -2.04. The van der Waals surface area contributed by atoms with E-state index in [2.05, 4.69) is 5.32 Å². The Morgan fingerprint density at radius 3 is 2.50 bits per heavy atom. The maximum atomic E-state index is 12.3. The van der Waals surface area contributed by atoms with E-state index in [1.807, 2.05) is 6.07 Å². The molecule has 0 saturated heterocycles. The molecule has 0 aromatic heterocycles. The third kappa shape index (κ3) is 3.10. The van der Waals surface area contributed by atoms with Crippen LogP contribution in [0.1, 0.15) is 25.7 Å². The van der Waals surface area contributed by atoms with Gasteiger partial charge in [-0.1, -0.05) is 25.0 Å². The Morgan fingerprint density at radius 1 is 1.20 bits per heavy atom. The second-order valence-electron chi connectivity index (χ2n) is 5.03. The molecule has 2 rings (SSSR count). The molecule has 1 aliphatic rings. The number of amides is 1. The smallest absolute Gasteiger partial charge is 0.307 e. The van der Waals surface area contributed by atoms with E-state index in [4.69, 9.17) is 4.74 Å². The molecule has 0 heterocycles. The van der Waals surface area contributed by atoms with Gasteiger partial charge in [0.25, 0.3) is 0 Å². The number of benzene rings is 1. The monoisotopic (exact) mass is 277 g/mol. The number of carbonyl (C=O) groups excluding carboxylic acids is 1. The minimum Gasteiger partial charge on any atom is -0.495 e. The normalized spacial score (nSPS) is 22.1. The highest BCUT2D eigenvalue weighted by atomic mass is 16.5. The second-order valence-corrected chi connectivity index (χ2v) is 5.03. The van der Waals surface area contributed by atoms with Crippen LogP contribution in [-0.4, -0.2) is 24.1 Å². The van der Waals surface area contributed by atoms with Crippen LogP contribution >= 0.6 is 0 Å². The molecule has 2 unspecified atom stereocenters. The number of hydrogen-bond donors (Lipinski definition) is 2. The Balaban J connectivity index is 2.12. The number of hydrogen-bond acceptors (Lipinski definition) is 3. The Kier molecular flexibility index (Phi) is 4.61. The summed E-state index contributed by atoms with van der Waals surface area (Å²) in [6.45, 7) is 0. The van der Waals surface area contributed by atoms with E-state index in [-0.39, 0.29) is 5.91 Å². The molecule has 1 fully saturated rings. The number of methoxy groups -OCH3 is 1. The maximum Gasteiger partial charge on any atom is 0.307 e. The molecule has 1 amide bonds. The van der Waals surface area contributed by atoms with Gasteiger partial charge in [-0.3, -0.25) is 9.59 Å². The van der Waals surface area contributed by atoms with Gasteiger partial charge in [-0.05, 0) is 25.0 Å². The molecule has 0 radical (unpaired) electrons. The van der Waals surface area contributed by atoms with Gasteiger partial charge in [0.15, 0.2) is 0 Å². The summed E-state index contributed by atoms with van der Waals surface area (Å²) >= 11 is 0. The van der Waals surface area contributed by atoms with E-state index in [1.165, 1.54) is 7.11 Å². The van der Waals surface area contributed by atoms with Crippen molar-refractivity contribution in [3.63, 3.8) is 0 Å². The van der Waals surface area contributed by atoms with Crippen molar-refractivity contribution in [1.82, 2.24) is 0 Å². The molecule has 5 heteroatoms. The van der Waals surface area contributed by atoms with Gasteiger partial charge < -0.3 is 15.2 Å². The van der Waals surface area contributed by atoms with E-state index >= 15 is 0 Å². The summed E-state index contributed by atoms with van der Waals surface area (Å²) in [6, 6.07) is 7.11. The molecule has 1 aliphatic carbocycles. The number of para-hydroxylation sites is 2. The van der Waals surface area contributed by atoms with Crippen molar-refractivity contribution in [3.8, 4) is 5.75 Å². The van der Waals surface area contributed by atoms with Crippen LogP contribution < -0.4 is 10.1 Å². The Morgan fingerprint density at radius 2 is 1.85 bits per heavy atom. The standard InChI is InChI=1S/C15H19NO4/c1-20-13-9-5-4-8-12(13)16-14(17)10-6-2-3-7-11(10)15(18)19/h4-5,8-11H,2-3,6-7H2,1H3,(H,16,17)(H,18,19). The molecular formula is C15H19NO4. The first-order valence-corrected chi connectivity index (χ1v) is 6.80. The zero-order valence-corrected chi connectivity index (χ0v) is 11.5. The number of carboxylic acids is 1. The summed E-state index contributed by atoms with van der Waals surface area (Å²) in [5.41, 5.74) is 0.578. The number of nitrogens with one attached hydrogen (secondary N) is 1. The number of ether oxygens (including phenoxy) is 1. The highest BCUT2D eigenvalue weighted by Gasteiger charge is 2.35. The SMILES string of the molecule is COc1ccccc1NC(=O)C1CCCCC1C(=O)O. The van der Waals surface area contributed by atoms with E-state index in [0.29, 0.717) is 24.3 Å². The molecule has 0 bridgehead atoms. The molecule has 0 aliphatic heterocycles. The highest BCUT2D eigenvalue weighted by molar-refractivity contribution is 5.96. The maximum absolute atomic E-state index is 12.3. The van der Waals surface area contributed by atoms with Crippen molar-refractivity contribution < 1.29 is 19.4 Å². The van der Waals surface area contributed by atoms with Crippen LogP contribution in [0.2, 0.25) is 0 Å². The summed E-state index contributed by atoms with van der Waals surface area (Å²) < 4.78 is 5.18. The molecule has 20 heavy (non-hydrogen) atoms.